The molecule has 1 aromatic carbocycles. The number of rotatable bonds is 6. The highest BCUT2D eigenvalue weighted by atomic mass is 16.5. The Hall–Kier alpha value is -1.42. The van der Waals surface area contributed by atoms with Gasteiger partial charge in [-0.2, -0.15) is 0 Å². The SMILES string of the molecule is CCOc1cccc(NCC2(O)CCC(CC)CC2)c1N. The van der Waals surface area contributed by atoms with Gasteiger partial charge >= 0.3 is 0 Å². The fraction of sp³-hybridized carbons (Fsp3) is 0.647. The van der Waals surface area contributed by atoms with Gasteiger partial charge in [0.05, 0.1) is 23.6 Å². The number of nitrogens with one attached hydrogen (secondary N) is 1. The van der Waals surface area contributed by atoms with Crippen LogP contribution in [0.4, 0.5) is 11.4 Å². The van der Waals surface area contributed by atoms with Crippen molar-refractivity contribution in [3.8, 4) is 5.75 Å². The van der Waals surface area contributed by atoms with Crippen molar-refractivity contribution in [1.82, 2.24) is 0 Å². The number of hydrogen-bond acceptors (Lipinski definition) is 4. The lowest BCUT2D eigenvalue weighted by atomic mass is 9.78. The molecule has 0 unspecified atom stereocenters. The molecule has 4 nitrogen and oxygen atoms in total. The van der Waals surface area contributed by atoms with Crippen molar-refractivity contribution in [1.29, 1.82) is 0 Å². The Morgan fingerprint density at radius 1 is 1.33 bits per heavy atom. The zero-order chi connectivity index (χ0) is 15.3. The van der Waals surface area contributed by atoms with Crippen molar-refractivity contribution in [3.63, 3.8) is 0 Å². The molecule has 118 valence electrons. The summed E-state index contributed by atoms with van der Waals surface area (Å²) in [5.41, 5.74) is 6.95. The first-order chi connectivity index (χ1) is 10.1. The summed E-state index contributed by atoms with van der Waals surface area (Å²) in [6, 6.07) is 5.71. The lowest BCUT2D eigenvalue weighted by Gasteiger charge is -2.36. The quantitative estimate of drug-likeness (QED) is 0.703. The van der Waals surface area contributed by atoms with Gasteiger partial charge in [-0.3, -0.25) is 0 Å². The average Bonchev–Trinajstić information content (AvgIpc) is 2.49. The van der Waals surface area contributed by atoms with Gasteiger partial charge in [0.1, 0.15) is 5.75 Å². The molecule has 0 heterocycles. The highest BCUT2D eigenvalue weighted by Crippen LogP contribution is 2.35. The number of benzene rings is 1. The molecule has 1 aromatic rings. The minimum absolute atomic E-state index is 0.545. The van der Waals surface area contributed by atoms with Crippen molar-refractivity contribution in [2.45, 2.75) is 51.6 Å². The third kappa shape index (κ3) is 4.03. The van der Waals surface area contributed by atoms with Crippen LogP contribution in [0.1, 0.15) is 46.0 Å². The molecule has 4 heteroatoms. The number of nitrogens with two attached hydrogens (primary N) is 1. The first kappa shape index (κ1) is 16.0. The van der Waals surface area contributed by atoms with Crippen LogP contribution < -0.4 is 15.8 Å². The van der Waals surface area contributed by atoms with Gasteiger partial charge < -0.3 is 20.9 Å². The van der Waals surface area contributed by atoms with Crippen molar-refractivity contribution in [2.24, 2.45) is 5.92 Å². The Morgan fingerprint density at radius 3 is 2.67 bits per heavy atom. The highest BCUT2D eigenvalue weighted by molar-refractivity contribution is 5.73. The van der Waals surface area contributed by atoms with Gasteiger partial charge in [-0.1, -0.05) is 19.4 Å². The summed E-state index contributed by atoms with van der Waals surface area (Å²) in [7, 11) is 0. The molecule has 0 radical (unpaired) electrons. The lowest BCUT2D eigenvalue weighted by Crippen LogP contribution is -2.40. The smallest absolute Gasteiger partial charge is 0.144 e. The van der Waals surface area contributed by atoms with Crippen LogP contribution >= 0.6 is 0 Å². The summed E-state index contributed by atoms with van der Waals surface area (Å²) >= 11 is 0. The Labute approximate surface area is 127 Å². The summed E-state index contributed by atoms with van der Waals surface area (Å²) < 4.78 is 5.50. The zero-order valence-electron chi connectivity index (χ0n) is 13.2. The third-order valence-corrected chi connectivity index (χ3v) is 4.59. The van der Waals surface area contributed by atoms with Gasteiger partial charge in [0.15, 0.2) is 0 Å². The first-order valence-corrected chi connectivity index (χ1v) is 8.05. The molecule has 0 aromatic heterocycles. The number of nitrogen functional groups attached to an aromatic ring is 1. The maximum Gasteiger partial charge on any atom is 0.144 e. The molecular weight excluding hydrogens is 264 g/mol. The molecule has 4 N–H and O–H groups in total. The van der Waals surface area contributed by atoms with Gasteiger partial charge in [-0.05, 0) is 50.7 Å². The van der Waals surface area contributed by atoms with E-state index < -0.39 is 5.60 Å². The molecule has 21 heavy (non-hydrogen) atoms. The lowest BCUT2D eigenvalue weighted by molar-refractivity contribution is 0.00230. The fourth-order valence-electron chi connectivity index (χ4n) is 3.04. The van der Waals surface area contributed by atoms with Crippen molar-refractivity contribution in [2.75, 3.05) is 24.2 Å². The van der Waals surface area contributed by atoms with Crippen molar-refractivity contribution >= 4 is 11.4 Å². The van der Waals surface area contributed by atoms with Crippen LogP contribution in [0.25, 0.3) is 0 Å². The molecular formula is C17H28N2O2. The van der Waals surface area contributed by atoms with Crippen LogP contribution in [0.5, 0.6) is 5.75 Å². The van der Waals surface area contributed by atoms with E-state index in [1.807, 2.05) is 25.1 Å². The Bertz CT molecular complexity index is 454. The predicted octanol–water partition coefficient (Wildman–Crippen LogP) is 3.41. The number of hydrogen-bond donors (Lipinski definition) is 3. The van der Waals surface area contributed by atoms with E-state index in [4.69, 9.17) is 10.5 Å². The zero-order valence-corrected chi connectivity index (χ0v) is 13.2. The van der Waals surface area contributed by atoms with Gasteiger partial charge in [0.25, 0.3) is 0 Å². The largest absolute Gasteiger partial charge is 0.492 e. The number of ether oxygens (including phenoxy) is 1. The van der Waals surface area contributed by atoms with E-state index in [1.165, 1.54) is 6.42 Å². The normalized spacial score (nSPS) is 25.6. The Kier molecular flexibility index (Phi) is 5.34. The molecule has 1 aliphatic rings. The van der Waals surface area contributed by atoms with Gasteiger partial charge in [-0.25, -0.2) is 0 Å². The first-order valence-electron chi connectivity index (χ1n) is 8.05. The molecule has 0 aliphatic heterocycles. The molecule has 2 rings (SSSR count). The number of para-hydroxylation sites is 1. The monoisotopic (exact) mass is 292 g/mol. The molecule has 1 aliphatic carbocycles. The molecule has 1 fully saturated rings. The second-order valence-corrected chi connectivity index (χ2v) is 6.08. The van der Waals surface area contributed by atoms with E-state index >= 15 is 0 Å². The summed E-state index contributed by atoms with van der Waals surface area (Å²) in [5, 5.41) is 14.0. The van der Waals surface area contributed by atoms with Crippen LogP contribution in [0, 0.1) is 5.92 Å². The maximum absolute atomic E-state index is 10.7. The van der Waals surface area contributed by atoms with Crippen LogP contribution in [0.3, 0.4) is 0 Å². The predicted molar refractivity (Wildman–Crippen MR) is 87.7 cm³/mol. The summed E-state index contributed by atoms with van der Waals surface area (Å²) in [6.45, 7) is 5.31. The number of anilines is 2. The topological polar surface area (TPSA) is 67.5 Å². The standard InChI is InChI=1S/C17H28N2O2/c1-3-13-8-10-17(20,11-9-13)12-19-14-6-5-7-15(16(14)18)21-4-2/h5-7,13,19-20H,3-4,8-12,18H2,1-2H3. The fourth-order valence-corrected chi connectivity index (χ4v) is 3.04. The van der Waals surface area contributed by atoms with Crippen LogP contribution in [0.2, 0.25) is 0 Å². The number of aliphatic hydroxyl groups is 1. The summed E-state index contributed by atoms with van der Waals surface area (Å²) in [5.74, 6) is 1.47. The van der Waals surface area contributed by atoms with Crippen LogP contribution in [-0.2, 0) is 0 Å². The molecule has 0 spiro atoms. The van der Waals surface area contributed by atoms with E-state index in [1.54, 1.807) is 0 Å². The molecule has 1 saturated carbocycles. The van der Waals surface area contributed by atoms with Gasteiger partial charge in [0.2, 0.25) is 0 Å². The molecule has 0 amide bonds. The summed E-state index contributed by atoms with van der Waals surface area (Å²) in [6.07, 6.45) is 5.17. The molecule has 0 bridgehead atoms. The second kappa shape index (κ2) is 7.03. The van der Waals surface area contributed by atoms with Crippen molar-refractivity contribution < 1.29 is 9.84 Å². The maximum atomic E-state index is 10.7. The van der Waals surface area contributed by atoms with E-state index in [0.29, 0.717) is 24.6 Å². The summed E-state index contributed by atoms with van der Waals surface area (Å²) in [4.78, 5) is 0. The second-order valence-electron chi connectivity index (χ2n) is 6.08. The minimum atomic E-state index is -0.611. The molecule has 0 saturated heterocycles. The minimum Gasteiger partial charge on any atom is -0.492 e. The van der Waals surface area contributed by atoms with E-state index in [0.717, 1.165) is 37.3 Å². The van der Waals surface area contributed by atoms with E-state index in [2.05, 4.69) is 12.2 Å². The highest BCUT2D eigenvalue weighted by Gasteiger charge is 2.32. The van der Waals surface area contributed by atoms with E-state index in [-0.39, 0.29) is 0 Å². The van der Waals surface area contributed by atoms with Crippen molar-refractivity contribution in [3.05, 3.63) is 18.2 Å². The Morgan fingerprint density at radius 2 is 2.05 bits per heavy atom. The average molecular weight is 292 g/mol. The van der Waals surface area contributed by atoms with Crippen LogP contribution in [-0.4, -0.2) is 23.9 Å². The Balaban J connectivity index is 1.95. The molecule has 0 atom stereocenters. The third-order valence-electron chi connectivity index (χ3n) is 4.59. The van der Waals surface area contributed by atoms with E-state index in [9.17, 15) is 5.11 Å². The van der Waals surface area contributed by atoms with Crippen LogP contribution in [0.15, 0.2) is 18.2 Å². The van der Waals surface area contributed by atoms with Gasteiger partial charge in [-0.15, -0.1) is 0 Å². The van der Waals surface area contributed by atoms with Gasteiger partial charge in [0, 0.05) is 6.54 Å².